The summed E-state index contributed by atoms with van der Waals surface area (Å²) in [5.41, 5.74) is 5.16. The van der Waals surface area contributed by atoms with Gasteiger partial charge in [0.05, 0.1) is 12.6 Å². The first-order valence-corrected chi connectivity index (χ1v) is 5.42. The molecule has 0 heterocycles. The predicted molar refractivity (Wildman–Crippen MR) is 59.4 cm³/mol. The number of alkyl halides is 3. The summed E-state index contributed by atoms with van der Waals surface area (Å²) in [6.07, 6.45) is -3.96. The molecule has 7 heteroatoms. The van der Waals surface area contributed by atoms with Crippen molar-refractivity contribution in [1.82, 2.24) is 10.2 Å². The molecule has 0 spiro atoms. The standard InChI is InChI=1S/C10H20F3N3O/c1-7(2)15-8(9(14)17)4-5-16(3)6-10(11,12)13/h7-8,15H,4-6H2,1-3H3,(H2,14,17). The van der Waals surface area contributed by atoms with Crippen LogP contribution in [0, 0.1) is 0 Å². The van der Waals surface area contributed by atoms with Gasteiger partial charge in [-0.3, -0.25) is 9.69 Å². The first kappa shape index (κ1) is 16.2. The fourth-order valence-electron chi connectivity index (χ4n) is 1.44. The number of rotatable bonds is 7. The van der Waals surface area contributed by atoms with Crippen LogP contribution in [0.25, 0.3) is 0 Å². The van der Waals surface area contributed by atoms with Gasteiger partial charge in [-0.2, -0.15) is 13.2 Å². The van der Waals surface area contributed by atoms with Gasteiger partial charge in [-0.05, 0) is 13.5 Å². The fraction of sp³-hybridized carbons (Fsp3) is 0.900. The monoisotopic (exact) mass is 255 g/mol. The average molecular weight is 255 g/mol. The van der Waals surface area contributed by atoms with E-state index in [0.717, 1.165) is 4.90 Å². The van der Waals surface area contributed by atoms with E-state index in [1.165, 1.54) is 7.05 Å². The van der Waals surface area contributed by atoms with Gasteiger partial charge in [-0.25, -0.2) is 0 Å². The summed E-state index contributed by atoms with van der Waals surface area (Å²) in [4.78, 5) is 12.2. The average Bonchev–Trinajstić information content (AvgIpc) is 2.08. The Morgan fingerprint density at radius 2 is 1.94 bits per heavy atom. The van der Waals surface area contributed by atoms with Gasteiger partial charge in [0, 0.05) is 12.6 Å². The number of nitrogens with two attached hydrogens (primary N) is 1. The fourth-order valence-corrected chi connectivity index (χ4v) is 1.44. The highest BCUT2D eigenvalue weighted by Crippen LogP contribution is 2.15. The highest BCUT2D eigenvalue weighted by molar-refractivity contribution is 5.79. The van der Waals surface area contributed by atoms with Gasteiger partial charge < -0.3 is 11.1 Å². The second-order valence-electron chi connectivity index (χ2n) is 4.42. The number of carbonyl (C=O) groups excluding carboxylic acids is 1. The lowest BCUT2D eigenvalue weighted by molar-refractivity contribution is -0.143. The Labute approximate surface area is 99.3 Å². The van der Waals surface area contributed by atoms with Crippen LogP contribution in [0.2, 0.25) is 0 Å². The highest BCUT2D eigenvalue weighted by Gasteiger charge is 2.29. The third-order valence-electron chi connectivity index (χ3n) is 2.13. The summed E-state index contributed by atoms with van der Waals surface area (Å²) in [6.45, 7) is 2.86. The van der Waals surface area contributed by atoms with Gasteiger partial charge in [-0.1, -0.05) is 13.8 Å². The maximum atomic E-state index is 12.1. The zero-order valence-corrected chi connectivity index (χ0v) is 10.3. The molecule has 102 valence electrons. The van der Waals surface area contributed by atoms with Crippen molar-refractivity contribution in [1.29, 1.82) is 0 Å². The van der Waals surface area contributed by atoms with E-state index in [1.54, 1.807) is 0 Å². The van der Waals surface area contributed by atoms with Gasteiger partial charge in [0.25, 0.3) is 0 Å². The summed E-state index contributed by atoms with van der Waals surface area (Å²) < 4.78 is 36.2. The van der Waals surface area contributed by atoms with Crippen molar-refractivity contribution in [2.75, 3.05) is 20.1 Å². The van der Waals surface area contributed by atoms with Crippen LogP contribution in [0.5, 0.6) is 0 Å². The van der Waals surface area contributed by atoms with Gasteiger partial charge in [0.15, 0.2) is 0 Å². The van der Waals surface area contributed by atoms with Gasteiger partial charge >= 0.3 is 6.18 Å². The maximum absolute atomic E-state index is 12.1. The van der Waals surface area contributed by atoms with E-state index in [0.29, 0.717) is 0 Å². The molecular weight excluding hydrogens is 235 g/mol. The van der Waals surface area contributed by atoms with Crippen LogP contribution in [0.3, 0.4) is 0 Å². The molecule has 1 atom stereocenters. The Morgan fingerprint density at radius 1 is 1.41 bits per heavy atom. The molecule has 4 nitrogen and oxygen atoms in total. The Morgan fingerprint density at radius 3 is 2.29 bits per heavy atom. The van der Waals surface area contributed by atoms with Crippen molar-refractivity contribution >= 4 is 5.91 Å². The molecule has 17 heavy (non-hydrogen) atoms. The number of nitrogens with zero attached hydrogens (tertiary/aromatic N) is 1. The summed E-state index contributed by atoms with van der Waals surface area (Å²) in [6, 6.07) is -0.536. The first-order valence-electron chi connectivity index (χ1n) is 5.42. The third-order valence-corrected chi connectivity index (χ3v) is 2.13. The van der Waals surface area contributed by atoms with Crippen LogP contribution >= 0.6 is 0 Å². The van der Waals surface area contributed by atoms with Crippen LogP contribution < -0.4 is 11.1 Å². The number of hydrogen-bond donors (Lipinski definition) is 2. The van der Waals surface area contributed by atoms with Crippen molar-refractivity contribution in [3.05, 3.63) is 0 Å². The number of amides is 1. The summed E-state index contributed by atoms with van der Waals surface area (Å²) >= 11 is 0. The van der Waals surface area contributed by atoms with Gasteiger partial charge in [0.2, 0.25) is 5.91 Å². The zero-order valence-electron chi connectivity index (χ0n) is 10.3. The molecule has 0 fully saturated rings. The lowest BCUT2D eigenvalue weighted by Crippen LogP contribution is -2.46. The minimum absolute atomic E-state index is 0.0559. The molecule has 1 unspecified atom stereocenters. The van der Waals surface area contributed by atoms with E-state index in [9.17, 15) is 18.0 Å². The topological polar surface area (TPSA) is 58.4 Å². The van der Waals surface area contributed by atoms with Crippen molar-refractivity contribution in [3.63, 3.8) is 0 Å². The predicted octanol–water partition coefficient (Wildman–Crippen LogP) is 0.722. The largest absolute Gasteiger partial charge is 0.401 e. The second kappa shape index (κ2) is 6.80. The minimum Gasteiger partial charge on any atom is -0.368 e. The summed E-state index contributed by atoms with van der Waals surface area (Å²) in [5, 5.41) is 2.92. The number of primary amides is 1. The lowest BCUT2D eigenvalue weighted by atomic mass is 10.1. The summed E-state index contributed by atoms with van der Waals surface area (Å²) in [7, 11) is 1.36. The summed E-state index contributed by atoms with van der Waals surface area (Å²) in [5.74, 6) is -0.542. The molecule has 0 saturated heterocycles. The lowest BCUT2D eigenvalue weighted by Gasteiger charge is -2.22. The van der Waals surface area contributed by atoms with E-state index in [2.05, 4.69) is 5.32 Å². The van der Waals surface area contributed by atoms with E-state index in [4.69, 9.17) is 5.73 Å². The third kappa shape index (κ3) is 8.93. The Hall–Kier alpha value is -0.820. The van der Waals surface area contributed by atoms with Crippen LogP contribution in [-0.2, 0) is 4.79 Å². The maximum Gasteiger partial charge on any atom is 0.401 e. The van der Waals surface area contributed by atoms with Crippen molar-refractivity contribution in [2.45, 2.75) is 38.5 Å². The Balaban J connectivity index is 4.08. The quantitative estimate of drug-likeness (QED) is 0.705. The van der Waals surface area contributed by atoms with Crippen LogP contribution in [-0.4, -0.2) is 49.2 Å². The van der Waals surface area contributed by atoms with Crippen molar-refractivity contribution in [3.8, 4) is 0 Å². The minimum atomic E-state index is -4.22. The molecule has 0 aliphatic rings. The molecule has 0 aromatic carbocycles. The van der Waals surface area contributed by atoms with E-state index < -0.39 is 24.7 Å². The molecule has 0 aromatic rings. The molecule has 0 saturated carbocycles. The SMILES string of the molecule is CC(C)NC(CCN(C)CC(F)(F)F)C(N)=O. The normalized spacial score (nSPS) is 14.4. The van der Waals surface area contributed by atoms with Crippen LogP contribution in [0.1, 0.15) is 20.3 Å². The Bertz CT molecular complexity index is 243. The molecule has 0 aliphatic heterocycles. The number of halogens is 3. The molecular formula is C10H20F3N3O. The molecule has 0 rings (SSSR count). The number of nitrogens with one attached hydrogen (secondary N) is 1. The van der Waals surface area contributed by atoms with Crippen LogP contribution in [0.4, 0.5) is 13.2 Å². The molecule has 1 amide bonds. The molecule has 0 radical (unpaired) electrons. The van der Waals surface area contributed by atoms with Crippen molar-refractivity contribution in [2.24, 2.45) is 5.73 Å². The zero-order chi connectivity index (χ0) is 13.6. The van der Waals surface area contributed by atoms with E-state index in [-0.39, 0.29) is 19.0 Å². The van der Waals surface area contributed by atoms with Crippen LogP contribution in [0.15, 0.2) is 0 Å². The molecule has 3 N–H and O–H groups in total. The Kier molecular flexibility index (Phi) is 6.48. The first-order chi connectivity index (χ1) is 7.61. The molecule has 0 aromatic heterocycles. The molecule has 0 aliphatic carbocycles. The van der Waals surface area contributed by atoms with E-state index in [1.807, 2.05) is 13.8 Å². The van der Waals surface area contributed by atoms with Gasteiger partial charge in [-0.15, -0.1) is 0 Å². The number of hydrogen-bond acceptors (Lipinski definition) is 3. The highest BCUT2D eigenvalue weighted by atomic mass is 19.4. The number of carbonyl (C=O) groups is 1. The molecule has 0 bridgehead atoms. The van der Waals surface area contributed by atoms with Crippen molar-refractivity contribution < 1.29 is 18.0 Å². The second-order valence-corrected chi connectivity index (χ2v) is 4.42. The smallest absolute Gasteiger partial charge is 0.368 e. The van der Waals surface area contributed by atoms with E-state index >= 15 is 0 Å². The van der Waals surface area contributed by atoms with Gasteiger partial charge in [0.1, 0.15) is 0 Å².